The van der Waals surface area contributed by atoms with Gasteiger partial charge in [0.1, 0.15) is 0 Å². The van der Waals surface area contributed by atoms with Gasteiger partial charge in [0.15, 0.2) is 0 Å². The van der Waals surface area contributed by atoms with Gasteiger partial charge in [0.05, 0.1) is 3.79 Å². The van der Waals surface area contributed by atoms with Gasteiger partial charge >= 0.3 is 0 Å². The van der Waals surface area contributed by atoms with Crippen molar-refractivity contribution in [1.82, 2.24) is 0 Å². The molecule has 1 aromatic heterocycles. The standard InChI is InChI=1S/C11H16BrNS/c12-10-7-6-9(14-10)11(13)8-4-2-1-3-5-8/h6-8,11H,1-5,13H2/t11-/m1/s1. The van der Waals surface area contributed by atoms with Gasteiger partial charge in [-0.2, -0.15) is 0 Å². The van der Waals surface area contributed by atoms with Gasteiger partial charge < -0.3 is 5.73 Å². The number of halogens is 1. The van der Waals surface area contributed by atoms with Crippen LogP contribution in [0.4, 0.5) is 0 Å². The third-order valence-corrected chi connectivity index (χ3v) is 4.81. The van der Waals surface area contributed by atoms with Crippen molar-refractivity contribution in [2.75, 3.05) is 0 Å². The van der Waals surface area contributed by atoms with Crippen LogP contribution >= 0.6 is 27.3 Å². The van der Waals surface area contributed by atoms with Crippen LogP contribution in [-0.4, -0.2) is 0 Å². The molecule has 2 rings (SSSR count). The molecule has 78 valence electrons. The van der Waals surface area contributed by atoms with Crippen molar-refractivity contribution in [3.63, 3.8) is 0 Å². The number of thiophene rings is 1. The number of hydrogen-bond acceptors (Lipinski definition) is 2. The Balaban J connectivity index is 2.03. The van der Waals surface area contributed by atoms with Crippen molar-refractivity contribution in [2.45, 2.75) is 38.1 Å². The lowest BCUT2D eigenvalue weighted by atomic mass is 9.84. The first kappa shape index (κ1) is 10.7. The van der Waals surface area contributed by atoms with Crippen molar-refractivity contribution in [1.29, 1.82) is 0 Å². The highest BCUT2D eigenvalue weighted by Gasteiger charge is 2.22. The second-order valence-corrected chi connectivity index (χ2v) is 6.56. The van der Waals surface area contributed by atoms with Crippen LogP contribution in [-0.2, 0) is 0 Å². The molecule has 0 aromatic carbocycles. The van der Waals surface area contributed by atoms with Crippen LogP contribution in [0.2, 0.25) is 0 Å². The Hall–Kier alpha value is 0.140. The molecule has 14 heavy (non-hydrogen) atoms. The van der Waals surface area contributed by atoms with Gasteiger partial charge in [-0.05, 0) is 46.8 Å². The smallest absolute Gasteiger partial charge is 0.0701 e. The third kappa shape index (κ3) is 2.38. The van der Waals surface area contributed by atoms with E-state index in [1.165, 1.54) is 40.8 Å². The second kappa shape index (κ2) is 4.77. The van der Waals surface area contributed by atoms with Gasteiger partial charge in [0.25, 0.3) is 0 Å². The van der Waals surface area contributed by atoms with Gasteiger partial charge in [0, 0.05) is 10.9 Å². The summed E-state index contributed by atoms with van der Waals surface area (Å²) in [5.41, 5.74) is 6.27. The Labute approximate surface area is 97.8 Å². The molecule has 0 amide bonds. The van der Waals surface area contributed by atoms with Gasteiger partial charge in [-0.1, -0.05) is 19.3 Å². The number of rotatable bonds is 2. The summed E-state index contributed by atoms with van der Waals surface area (Å²) in [6.07, 6.45) is 6.76. The van der Waals surface area contributed by atoms with Crippen LogP contribution in [0.15, 0.2) is 15.9 Å². The van der Waals surface area contributed by atoms with E-state index in [1.54, 1.807) is 11.3 Å². The largest absolute Gasteiger partial charge is 0.323 e. The maximum absolute atomic E-state index is 6.27. The average Bonchev–Trinajstić information content (AvgIpc) is 2.65. The molecule has 0 unspecified atom stereocenters. The van der Waals surface area contributed by atoms with Crippen LogP contribution in [0.5, 0.6) is 0 Å². The lowest BCUT2D eigenvalue weighted by Gasteiger charge is -2.26. The highest BCUT2D eigenvalue weighted by molar-refractivity contribution is 9.11. The summed E-state index contributed by atoms with van der Waals surface area (Å²) in [5, 5.41) is 0. The van der Waals surface area contributed by atoms with Gasteiger partial charge in [0.2, 0.25) is 0 Å². The first-order chi connectivity index (χ1) is 6.77. The first-order valence-electron chi connectivity index (χ1n) is 5.28. The van der Waals surface area contributed by atoms with Gasteiger partial charge in [-0.3, -0.25) is 0 Å². The molecule has 1 heterocycles. The molecule has 1 atom stereocenters. The Kier molecular flexibility index (Phi) is 3.63. The van der Waals surface area contributed by atoms with E-state index in [0.717, 1.165) is 0 Å². The summed E-state index contributed by atoms with van der Waals surface area (Å²) in [6.45, 7) is 0. The number of hydrogen-bond donors (Lipinski definition) is 1. The second-order valence-electron chi connectivity index (χ2n) is 4.07. The average molecular weight is 274 g/mol. The minimum absolute atomic E-state index is 0.270. The molecule has 1 nitrogen and oxygen atoms in total. The highest BCUT2D eigenvalue weighted by Crippen LogP contribution is 2.36. The van der Waals surface area contributed by atoms with Crippen molar-refractivity contribution in [2.24, 2.45) is 11.7 Å². The summed E-state index contributed by atoms with van der Waals surface area (Å²) < 4.78 is 1.19. The van der Waals surface area contributed by atoms with Crippen LogP contribution in [0.25, 0.3) is 0 Å². The Bertz CT molecular complexity index is 291. The van der Waals surface area contributed by atoms with Crippen LogP contribution in [0, 0.1) is 5.92 Å². The molecule has 0 aliphatic heterocycles. The molecule has 0 saturated heterocycles. The summed E-state index contributed by atoms with van der Waals surface area (Å²) in [6, 6.07) is 4.53. The van der Waals surface area contributed by atoms with E-state index in [2.05, 4.69) is 28.1 Å². The fourth-order valence-electron chi connectivity index (χ4n) is 2.23. The molecule has 0 radical (unpaired) electrons. The molecule has 1 aliphatic rings. The van der Waals surface area contributed by atoms with Gasteiger partial charge in [-0.25, -0.2) is 0 Å². The Morgan fingerprint density at radius 3 is 2.57 bits per heavy atom. The van der Waals surface area contributed by atoms with Crippen LogP contribution in [0.1, 0.15) is 43.0 Å². The Morgan fingerprint density at radius 1 is 1.29 bits per heavy atom. The highest BCUT2D eigenvalue weighted by atomic mass is 79.9. The fraction of sp³-hybridized carbons (Fsp3) is 0.636. The van der Waals surface area contributed by atoms with E-state index in [0.29, 0.717) is 5.92 Å². The summed E-state index contributed by atoms with van der Waals surface area (Å²) in [4.78, 5) is 1.34. The molecule has 3 heteroatoms. The van der Waals surface area contributed by atoms with Gasteiger partial charge in [-0.15, -0.1) is 11.3 Å². The predicted molar refractivity (Wildman–Crippen MR) is 65.5 cm³/mol. The summed E-state index contributed by atoms with van der Waals surface area (Å²) in [7, 11) is 0. The van der Waals surface area contributed by atoms with Crippen molar-refractivity contribution < 1.29 is 0 Å². The van der Waals surface area contributed by atoms with E-state index in [1.807, 2.05) is 0 Å². The number of nitrogens with two attached hydrogens (primary N) is 1. The summed E-state index contributed by atoms with van der Waals surface area (Å²) >= 11 is 5.27. The molecular weight excluding hydrogens is 258 g/mol. The lowest BCUT2D eigenvalue weighted by Crippen LogP contribution is -2.22. The molecule has 0 spiro atoms. The van der Waals surface area contributed by atoms with Crippen molar-refractivity contribution >= 4 is 27.3 Å². The van der Waals surface area contributed by atoms with E-state index in [4.69, 9.17) is 5.73 Å². The predicted octanol–water partition coefficient (Wildman–Crippen LogP) is 4.09. The molecule has 2 N–H and O–H groups in total. The van der Waals surface area contributed by atoms with E-state index in [9.17, 15) is 0 Å². The minimum atomic E-state index is 0.270. The molecule has 1 fully saturated rings. The van der Waals surface area contributed by atoms with Crippen molar-refractivity contribution in [3.8, 4) is 0 Å². The lowest BCUT2D eigenvalue weighted by molar-refractivity contribution is 0.311. The zero-order chi connectivity index (χ0) is 9.97. The quantitative estimate of drug-likeness (QED) is 0.863. The van der Waals surface area contributed by atoms with Crippen molar-refractivity contribution in [3.05, 3.63) is 20.8 Å². The van der Waals surface area contributed by atoms with Crippen LogP contribution in [0.3, 0.4) is 0 Å². The normalized spacial score (nSPS) is 21.0. The summed E-state index contributed by atoms with van der Waals surface area (Å²) in [5.74, 6) is 0.717. The first-order valence-corrected chi connectivity index (χ1v) is 6.89. The molecule has 1 aromatic rings. The van der Waals surface area contributed by atoms with E-state index < -0.39 is 0 Å². The molecule has 1 aliphatic carbocycles. The Morgan fingerprint density at radius 2 is 2.00 bits per heavy atom. The third-order valence-electron chi connectivity index (χ3n) is 3.08. The SMILES string of the molecule is N[C@@H](c1ccc(Br)s1)C1CCCCC1. The minimum Gasteiger partial charge on any atom is -0.323 e. The van der Waals surface area contributed by atoms with E-state index >= 15 is 0 Å². The van der Waals surface area contributed by atoms with Crippen LogP contribution < -0.4 is 5.73 Å². The molecule has 1 saturated carbocycles. The zero-order valence-electron chi connectivity index (χ0n) is 8.21. The monoisotopic (exact) mass is 273 g/mol. The maximum Gasteiger partial charge on any atom is 0.0701 e. The maximum atomic E-state index is 6.27. The van der Waals surface area contributed by atoms with E-state index in [-0.39, 0.29) is 6.04 Å². The topological polar surface area (TPSA) is 26.0 Å². The molecular formula is C11H16BrNS. The fourth-order valence-corrected chi connectivity index (χ4v) is 3.75. The zero-order valence-corrected chi connectivity index (χ0v) is 10.6. The molecule has 0 bridgehead atoms.